The van der Waals surface area contributed by atoms with Gasteiger partial charge >= 0.3 is 0 Å². The van der Waals surface area contributed by atoms with Crippen molar-refractivity contribution >= 4 is 9.84 Å². The molecule has 0 rings (SSSR count). The van der Waals surface area contributed by atoms with Crippen molar-refractivity contribution in [3.63, 3.8) is 0 Å². The summed E-state index contributed by atoms with van der Waals surface area (Å²) in [7, 11) is -2.77. The SMILES string of the molecule is CCNC(CC)CCCS(C)(=O)=O. The van der Waals surface area contributed by atoms with Gasteiger partial charge in [0, 0.05) is 18.1 Å². The number of rotatable bonds is 7. The van der Waals surface area contributed by atoms with Crippen LogP contribution in [0.4, 0.5) is 0 Å². The Balaban J connectivity index is 3.61. The van der Waals surface area contributed by atoms with Crippen LogP contribution in [0.1, 0.15) is 33.1 Å². The summed E-state index contributed by atoms with van der Waals surface area (Å²) in [6.45, 7) is 5.14. The molecule has 0 aliphatic carbocycles. The van der Waals surface area contributed by atoms with E-state index in [0.29, 0.717) is 11.8 Å². The highest BCUT2D eigenvalue weighted by molar-refractivity contribution is 7.90. The Bertz CT molecular complexity index is 212. The van der Waals surface area contributed by atoms with E-state index in [1.54, 1.807) is 0 Å². The molecule has 4 heteroatoms. The van der Waals surface area contributed by atoms with Gasteiger partial charge in [-0.2, -0.15) is 0 Å². The van der Waals surface area contributed by atoms with Gasteiger partial charge in [0.1, 0.15) is 9.84 Å². The minimum atomic E-state index is -2.77. The Hall–Kier alpha value is -0.0900. The van der Waals surface area contributed by atoms with Gasteiger partial charge in [0.05, 0.1) is 0 Å². The van der Waals surface area contributed by atoms with Crippen molar-refractivity contribution in [3.8, 4) is 0 Å². The van der Waals surface area contributed by atoms with Crippen LogP contribution in [0.2, 0.25) is 0 Å². The molecule has 0 heterocycles. The van der Waals surface area contributed by atoms with Crippen LogP contribution in [0, 0.1) is 0 Å². The second-order valence-electron chi connectivity index (χ2n) is 3.43. The maximum atomic E-state index is 10.8. The fourth-order valence-corrected chi connectivity index (χ4v) is 2.02. The zero-order valence-electron chi connectivity index (χ0n) is 8.84. The van der Waals surface area contributed by atoms with Gasteiger partial charge in [0.25, 0.3) is 0 Å². The molecule has 0 aromatic carbocycles. The molecule has 0 aromatic heterocycles. The van der Waals surface area contributed by atoms with E-state index in [2.05, 4.69) is 19.2 Å². The van der Waals surface area contributed by atoms with Crippen LogP contribution in [-0.4, -0.2) is 33.0 Å². The molecule has 0 aromatic rings. The minimum absolute atomic E-state index is 0.314. The topological polar surface area (TPSA) is 46.2 Å². The molecule has 0 aliphatic rings. The van der Waals surface area contributed by atoms with E-state index in [1.165, 1.54) is 6.26 Å². The first kappa shape index (κ1) is 12.9. The summed E-state index contributed by atoms with van der Waals surface area (Å²) >= 11 is 0. The minimum Gasteiger partial charge on any atom is -0.314 e. The first-order chi connectivity index (χ1) is 5.99. The zero-order valence-corrected chi connectivity index (χ0v) is 9.65. The Morgan fingerprint density at radius 2 is 1.92 bits per heavy atom. The van der Waals surface area contributed by atoms with E-state index < -0.39 is 9.84 Å². The molecule has 3 nitrogen and oxygen atoms in total. The summed E-state index contributed by atoms with van der Waals surface area (Å²) in [4.78, 5) is 0. The molecule has 0 spiro atoms. The Morgan fingerprint density at radius 3 is 2.31 bits per heavy atom. The largest absolute Gasteiger partial charge is 0.314 e. The summed E-state index contributed by atoms with van der Waals surface area (Å²) in [6.07, 6.45) is 4.08. The molecule has 1 atom stereocenters. The molecular weight excluding hydrogens is 186 g/mol. The van der Waals surface area contributed by atoms with Crippen LogP contribution in [0.25, 0.3) is 0 Å². The van der Waals surface area contributed by atoms with E-state index in [1.807, 2.05) is 0 Å². The van der Waals surface area contributed by atoms with E-state index in [-0.39, 0.29) is 0 Å². The molecule has 0 radical (unpaired) electrons. The third-order valence-corrected chi connectivity index (χ3v) is 3.08. The van der Waals surface area contributed by atoms with Crippen LogP contribution < -0.4 is 5.32 Å². The maximum Gasteiger partial charge on any atom is 0.147 e. The lowest BCUT2D eigenvalue weighted by Crippen LogP contribution is -2.28. The van der Waals surface area contributed by atoms with Crippen LogP contribution in [0.3, 0.4) is 0 Å². The van der Waals surface area contributed by atoms with Gasteiger partial charge < -0.3 is 5.32 Å². The molecule has 0 amide bonds. The number of nitrogens with one attached hydrogen (secondary N) is 1. The monoisotopic (exact) mass is 207 g/mol. The summed E-state index contributed by atoms with van der Waals surface area (Å²) in [6, 6.07) is 0.478. The molecule has 0 saturated carbocycles. The van der Waals surface area contributed by atoms with Crippen molar-refractivity contribution < 1.29 is 8.42 Å². The summed E-state index contributed by atoms with van der Waals surface area (Å²) < 4.78 is 21.7. The third kappa shape index (κ3) is 8.25. The molecule has 1 unspecified atom stereocenters. The van der Waals surface area contributed by atoms with Crippen LogP contribution in [0.15, 0.2) is 0 Å². The summed E-state index contributed by atoms with van der Waals surface area (Å²) in [5, 5.41) is 3.32. The third-order valence-electron chi connectivity index (χ3n) is 2.05. The van der Waals surface area contributed by atoms with Gasteiger partial charge in [-0.15, -0.1) is 0 Å². The van der Waals surface area contributed by atoms with Crippen LogP contribution in [0.5, 0.6) is 0 Å². The maximum absolute atomic E-state index is 10.8. The molecule has 0 saturated heterocycles. The first-order valence-corrected chi connectivity index (χ1v) is 6.96. The second-order valence-corrected chi connectivity index (χ2v) is 5.69. The van der Waals surface area contributed by atoms with Gasteiger partial charge in [-0.1, -0.05) is 13.8 Å². The van der Waals surface area contributed by atoms with Crippen molar-refractivity contribution in [2.45, 2.75) is 39.2 Å². The molecular formula is C9H21NO2S. The van der Waals surface area contributed by atoms with Crippen LogP contribution in [-0.2, 0) is 9.84 Å². The fraction of sp³-hybridized carbons (Fsp3) is 1.00. The second kappa shape index (κ2) is 6.38. The van der Waals surface area contributed by atoms with E-state index in [9.17, 15) is 8.42 Å². The molecule has 0 fully saturated rings. The van der Waals surface area contributed by atoms with Gasteiger partial charge in [-0.3, -0.25) is 0 Å². The lowest BCUT2D eigenvalue weighted by molar-refractivity contribution is 0.475. The fourth-order valence-electron chi connectivity index (χ4n) is 1.33. The van der Waals surface area contributed by atoms with E-state index >= 15 is 0 Å². The van der Waals surface area contributed by atoms with Gasteiger partial charge in [-0.05, 0) is 25.8 Å². The van der Waals surface area contributed by atoms with Crippen molar-refractivity contribution in [2.24, 2.45) is 0 Å². The van der Waals surface area contributed by atoms with Crippen molar-refractivity contribution in [3.05, 3.63) is 0 Å². The Labute approximate surface area is 81.8 Å². The standard InChI is InChI=1S/C9H21NO2S/c1-4-9(10-5-2)7-6-8-13(3,11)12/h9-10H,4-8H2,1-3H3. The Kier molecular flexibility index (Phi) is 6.33. The zero-order chi connectivity index (χ0) is 10.3. The lowest BCUT2D eigenvalue weighted by Gasteiger charge is -2.14. The van der Waals surface area contributed by atoms with Gasteiger partial charge in [0.15, 0.2) is 0 Å². The van der Waals surface area contributed by atoms with Gasteiger partial charge in [-0.25, -0.2) is 8.42 Å². The molecule has 1 N–H and O–H groups in total. The van der Waals surface area contributed by atoms with Crippen molar-refractivity contribution in [2.75, 3.05) is 18.6 Å². The number of hydrogen-bond donors (Lipinski definition) is 1. The normalized spacial score (nSPS) is 14.4. The molecule has 13 heavy (non-hydrogen) atoms. The van der Waals surface area contributed by atoms with Gasteiger partial charge in [0.2, 0.25) is 0 Å². The van der Waals surface area contributed by atoms with Crippen molar-refractivity contribution in [1.82, 2.24) is 5.32 Å². The van der Waals surface area contributed by atoms with Crippen LogP contribution >= 0.6 is 0 Å². The van der Waals surface area contributed by atoms with E-state index in [0.717, 1.165) is 25.8 Å². The molecule has 0 bridgehead atoms. The first-order valence-electron chi connectivity index (χ1n) is 4.90. The molecule has 80 valence electrons. The van der Waals surface area contributed by atoms with Crippen molar-refractivity contribution in [1.29, 1.82) is 0 Å². The summed E-state index contributed by atoms with van der Waals surface area (Å²) in [5.41, 5.74) is 0. The Morgan fingerprint density at radius 1 is 1.31 bits per heavy atom. The average Bonchev–Trinajstić information content (AvgIpc) is 2.01. The molecule has 0 aliphatic heterocycles. The predicted octanol–water partition coefficient (Wildman–Crippen LogP) is 1.20. The number of hydrogen-bond acceptors (Lipinski definition) is 3. The highest BCUT2D eigenvalue weighted by atomic mass is 32.2. The smallest absolute Gasteiger partial charge is 0.147 e. The lowest BCUT2D eigenvalue weighted by atomic mass is 10.1. The number of sulfone groups is 1. The average molecular weight is 207 g/mol. The van der Waals surface area contributed by atoms with E-state index in [4.69, 9.17) is 0 Å². The highest BCUT2D eigenvalue weighted by Gasteiger charge is 2.06. The quantitative estimate of drug-likeness (QED) is 0.682. The summed E-state index contributed by atoms with van der Waals surface area (Å²) in [5.74, 6) is 0.314. The predicted molar refractivity (Wildman–Crippen MR) is 56.7 cm³/mol. The highest BCUT2D eigenvalue weighted by Crippen LogP contribution is 2.02.